The van der Waals surface area contributed by atoms with E-state index in [1.54, 1.807) is 43.5 Å². The molecule has 1 saturated heterocycles. The molecule has 2 aromatic rings. The second-order valence-electron chi connectivity index (χ2n) is 5.14. The molecule has 1 unspecified atom stereocenters. The number of hydrogen-bond donors (Lipinski definition) is 2. The van der Waals surface area contributed by atoms with Crippen LogP contribution in [0, 0.1) is 0 Å². The average Bonchev–Trinajstić information content (AvgIpc) is 2.90. The van der Waals surface area contributed by atoms with Crippen molar-refractivity contribution in [3.05, 3.63) is 71.3 Å². The van der Waals surface area contributed by atoms with Crippen molar-refractivity contribution in [3.8, 4) is 5.75 Å². The Balaban J connectivity index is 2.08. The largest absolute Gasteiger partial charge is 0.507 e. The average molecular weight is 309 g/mol. The maximum atomic E-state index is 12.2. The maximum Gasteiger partial charge on any atom is 0.293 e. The van der Waals surface area contributed by atoms with E-state index in [2.05, 4.69) is 5.32 Å². The number of hydrogen-bond acceptors (Lipinski definition) is 4. The van der Waals surface area contributed by atoms with Gasteiger partial charge in [-0.2, -0.15) is 0 Å². The van der Waals surface area contributed by atoms with Gasteiger partial charge in [-0.05, 0) is 29.8 Å². The molecule has 1 fully saturated rings. The minimum absolute atomic E-state index is 0.0615. The molecule has 2 aromatic carbocycles. The van der Waals surface area contributed by atoms with Gasteiger partial charge in [0.2, 0.25) is 0 Å². The molecule has 1 aliphatic heterocycles. The number of aliphatic hydroxyl groups excluding tert-OH is 1. The quantitative estimate of drug-likeness (QED) is 0.518. The molecule has 0 radical (unpaired) electrons. The van der Waals surface area contributed by atoms with Crippen LogP contribution in [-0.2, 0) is 9.59 Å². The molecule has 0 aromatic heterocycles. The molecule has 2 N–H and O–H groups in total. The second-order valence-corrected chi connectivity index (χ2v) is 5.14. The van der Waals surface area contributed by atoms with Gasteiger partial charge in [-0.25, -0.2) is 0 Å². The first kappa shape index (κ1) is 14.8. The monoisotopic (exact) mass is 309 g/mol. The molecular weight excluding hydrogens is 294 g/mol. The van der Waals surface area contributed by atoms with Crippen LogP contribution in [0.3, 0.4) is 0 Å². The first-order valence-corrected chi connectivity index (χ1v) is 7.09. The van der Waals surface area contributed by atoms with Crippen LogP contribution in [0.2, 0.25) is 0 Å². The lowest BCUT2D eigenvalue weighted by Crippen LogP contribution is -2.21. The van der Waals surface area contributed by atoms with Crippen LogP contribution < -0.4 is 10.1 Å². The highest BCUT2D eigenvalue weighted by Gasteiger charge is 2.39. The number of amides is 1. The summed E-state index contributed by atoms with van der Waals surface area (Å²) in [6.07, 6.45) is 0. The lowest BCUT2D eigenvalue weighted by atomic mass is 9.96. The fraction of sp³-hybridized carbons (Fsp3) is 0.111. The Morgan fingerprint density at radius 2 is 1.70 bits per heavy atom. The van der Waals surface area contributed by atoms with E-state index >= 15 is 0 Å². The summed E-state index contributed by atoms with van der Waals surface area (Å²) in [4.78, 5) is 24.0. The number of benzene rings is 2. The number of carbonyl (C=O) groups excluding carboxylic acids is 2. The van der Waals surface area contributed by atoms with E-state index in [4.69, 9.17) is 4.74 Å². The molecule has 1 aliphatic rings. The van der Waals surface area contributed by atoms with Crippen LogP contribution in [0.4, 0.5) is 0 Å². The van der Waals surface area contributed by atoms with Crippen molar-refractivity contribution in [3.63, 3.8) is 0 Å². The molecule has 0 saturated carbocycles. The van der Waals surface area contributed by atoms with E-state index in [9.17, 15) is 14.7 Å². The van der Waals surface area contributed by atoms with Gasteiger partial charge in [0.25, 0.3) is 11.7 Å². The molecule has 1 amide bonds. The lowest BCUT2D eigenvalue weighted by Gasteiger charge is -2.13. The summed E-state index contributed by atoms with van der Waals surface area (Å²) >= 11 is 0. The van der Waals surface area contributed by atoms with E-state index < -0.39 is 17.7 Å². The molecule has 0 bridgehead atoms. The van der Waals surface area contributed by atoms with Gasteiger partial charge in [0.1, 0.15) is 11.5 Å². The Hall–Kier alpha value is -3.08. The van der Waals surface area contributed by atoms with Gasteiger partial charge in [-0.1, -0.05) is 30.3 Å². The molecule has 5 nitrogen and oxygen atoms in total. The Kier molecular flexibility index (Phi) is 3.85. The number of rotatable bonds is 3. The van der Waals surface area contributed by atoms with E-state index in [1.165, 1.54) is 0 Å². The predicted molar refractivity (Wildman–Crippen MR) is 84.9 cm³/mol. The van der Waals surface area contributed by atoms with Crippen molar-refractivity contribution in [1.29, 1.82) is 0 Å². The Morgan fingerprint density at radius 3 is 2.30 bits per heavy atom. The number of aliphatic hydroxyl groups is 1. The van der Waals surface area contributed by atoms with Crippen molar-refractivity contribution in [2.75, 3.05) is 7.11 Å². The van der Waals surface area contributed by atoms with Gasteiger partial charge >= 0.3 is 0 Å². The number of carbonyl (C=O) groups is 2. The zero-order valence-electron chi connectivity index (χ0n) is 12.4. The van der Waals surface area contributed by atoms with Crippen molar-refractivity contribution >= 4 is 17.4 Å². The highest BCUT2D eigenvalue weighted by molar-refractivity contribution is 6.46. The van der Waals surface area contributed by atoms with E-state index in [-0.39, 0.29) is 11.3 Å². The summed E-state index contributed by atoms with van der Waals surface area (Å²) in [7, 11) is 1.54. The summed E-state index contributed by atoms with van der Waals surface area (Å²) < 4.78 is 5.07. The Labute approximate surface area is 133 Å². The van der Waals surface area contributed by atoms with E-state index in [0.29, 0.717) is 11.3 Å². The standard InChI is InChI=1S/C18H15NO4/c1-23-13-9-7-12(8-10-13)16(20)14-15(19-18(22)17(14)21)11-5-3-2-4-6-11/h2-10,15,20H,1H3,(H,19,22)/b16-14+. The van der Waals surface area contributed by atoms with Crippen molar-refractivity contribution in [2.45, 2.75) is 6.04 Å². The fourth-order valence-electron chi connectivity index (χ4n) is 2.57. The third-order valence-electron chi connectivity index (χ3n) is 3.77. The molecule has 1 heterocycles. The molecule has 3 rings (SSSR count). The number of methoxy groups -OCH3 is 1. The van der Waals surface area contributed by atoms with E-state index in [0.717, 1.165) is 5.56 Å². The van der Waals surface area contributed by atoms with Crippen molar-refractivity contribution < 1.29 is 19.4 Å². The summed E-state index contributed by atoms with van der Waals surface area (Å²) in [5.74, 6) is -0.996. The lowest BCUT2D eigenvalue weighted by molar-refractivity contribution is -0.133. The summed E-state index contributed by atoms with van der Waals surface area (Å²) in [6, 6.07) is 15.0. The van der Waals surface area contributed by atoms with Gasteiger partial charge in [0, 0.05) is 5.56 Å². The number of ketones is 1. The number of Topliss-reactive ketones (excluding diaryl/α,β-unsaturated/α-hetero) is 1. The number of ether oxygens (including phenoxy) is 1. The molecule has 1 atom stereocenters. The Bertz CT molecular complexity index is 778. The van der Waals surface area contributed by atoms with Gasteiger partial charge in [0.15, 0.2) is 0 Å². The minimum Gasteiger partial charge on any atom is -0.507 e. The molecule has 23 heavy (non-hydrogen) atoms. The first-order valence-electron chi connectivity index (χ1n) is 7.09. The normalized spacial score (nSPS) is 19.4. The van der Waals surface area contributed by atoms with Crippen LogP contribution in [0.15, 0.2) is 60.2 Å². The fourth-order valence-corrected chi connectivity index (χ4v) is 2.57. The van der Waals surface area contributed by atoms with Crippen LogP contribution in [0.25, 0.3) is 5.76 Å². The third kappa shape index (κ3) is 2.68. The number of nitrogens with one attached hydrogen (secondary N) is 1. The maximum absolute atomic E-state index is 12.2. The molecule has 116 valence electrons. The SMILES string of the molecule is COc1ccc(/C(O)=C2\C(=O)C(=O)NC2c2ccccc2)cc1. The second kappa shape index (κ2) is 5.96. The predicted octanol–water partition coefficient (Wildman–Crippen LogP) is 2.40. The van der Waals surface area contributed by atoms with Crippen LogP contribution >= 0.6 is 0 Å². The first-order chi connectivity index (χ1) is 11.1. The smallest absolute Gasteiger partial charge is 0.293 e. The van der Waals surface area contributed by atoms with Crippen LogP contribution in [0.5, 0.6) is 5.75 Å². The minimum atomic E-state index is -0.716. The van der Waals surface area contributed by atoms with E-state index in [1.807, 2.05) is 18.2 Å². The van der Waals surface area contributed by atoms with Crippen molar-refractivity contribution in [1.82, 2.24) is 5.32 Å². The summed E-state index contributed by atoms with van der Waals surface area (Å²) in [6.45, 7) is 0. The van der Waals surface area contributed by atoms with Gasteiger partial charge in [-0.3, -0.25) is 9.59 Å². The highest BCUT2D eigenvalue weighted by Crippen LogP contribution is 2.33. The zero-order valence-corrected chi connectivity index (χ0v) is 12.4. The van der Waals surface area contributed by atoms with Gasteiger partial charge in [0.05, 0.1) is 18.7 Å². The van der Waals surface area contributed by atoms with Crippen molar-refractivity contribution in [2.24, 2.45) is 0 Å². The summed E-state index contributed by atoms with van der Waals surface area (Å²) in [5, 5.41) is 13.1. The summed E-state index contributed by atoms with van der Waals surface area (Å²) in [5.41, 5.74) is 1.25. The van der Waals surface area contributed by atoms with Gasteiger partial charge < -0.3 is 15.2 Å². The van der Waals surface area contributed by atoms with Gasteiger partial charge in [-0.15, -0.1) is 0 Å². The zero-order chi connectivity index (χ0) is 16.4. The third-order valence-corrected chi connectivity index (χ3v) is 3.77. The van der Waals surface area contributed by atoms with Crippen LogP contribution in [-0.4, -0.2) is 23.9 Å². The Morgan fingerprint density at radius 1 is 1.04 bits per heavy atom. The highest BCUT2D eigenvalue weighted by atomic mass is 16.5. The topological polar surface area (TPSA) is 75.6 Å². The molecule has 5 heteroatoms. The molecule has 0 spiro atoms. The van der Waals surface area contributed by atoms with Crippen LogP contribution in [0.1, 0.15) is 17.2 Å². The molecular formula is C18H15NO4. The molecule has 0 aliphatic carbocycles.